The molecule has 3 amide bonds. The number of carboxylic acids is 1. The number of nitrogens with two attached hydrogens (primary N) is 1. The first-order chi connectivity index (χ1) is 25.4. The maximum absolute atomic E-state index is 14.9. The van der Waals surface area contributed by atoms with Gasteiger partial charge in [-0.25, -0.2) is 13.6 Å². The van der Waals surface area contributed by atoms with E-state index in [2.05, 4.69) is 66.5 Å². The number of hydrogen-bond donors (Lipinski definition) is 5. The van der Waals surface area contributed by atoms with E-state index in [1.165, 1.54) is 17.8 Å². The normalized spacial score (nSPS) is 12.8. The van der Waals surface area contributed by atoms with E-state index in [9.17, 15) is 28.0 Å². The highest BCUT2D eigenvalue weighted by molar-refractivity contribution is 8.00. The van der Waals surface area contributed by atoms with Gasteiger partial charge in [0, 0.05) is 60.9 Å². The van der Waals surface area contributed by atoms with E-state index in [0.29, 0.717) is 31.6 Å². The van der Waals surface area contributed by atoms with Crippen molar-refractivity contribution in [1.82, 2.24) is 20.5 Å². The third-order valence-corrected chi connectivity index (χ3v) is 13.1. The molecule has 54 heavy (non-hydrogen) atoms. The Kier molecular flexibility index (Phi) is 17.2. The monoisotopic (exact) mass is 787 g/mol. The highest BCUT2D eigenvalue weighted by Crippen LogP contribution is 2.44. The molecule has 0 bridgehead atoms. The topological polar surface area (TPSA) is 165 Å². The minimum absolute atomic E-state index is 0.00930. The van der Waals surface area contributed by atoms with E-state index in [0.717, 1.165) is 35.5 Å². The van der Waals surface area contributed by atoms with Crippen LogP contribution in [0.4, 0.5) is 13.6 Å². The number of nitrogens with one attached hydrogen (secondary N) is 3. The van der Waals surface area contributed by atoms with Crippen LogP contribution >= 0.6 is 11.8 Å². The van der Waals surface area contributed by atoms with Crippen molar-refractivity contribution in [3.8, 4) is 11.1 Å². The Balaban J connectivity index is 1.48. The highest BCUT2D eigenvalue weighted by atomic mass is 32.2. The van der Waals surface area contributed by atoms with Gasteiger partial charge >= 0.3 is 12.1 Å². The van der Waals surface area contributed by atoms with E-state index in [4.69, 9.17) is 15.6 Å². The van der Waals surface area contributed by atoms with Crippen molar-refractivity contribution < 1.29 is 37.8 Å². The number of rotatable bonds is 21. The number of carboxylic acid groups (broad SMARTS) is 1. The average molecular weight is 788 g/mol. The van der Waals surface area contributed by atoms with Crippen LogP contribution in [0.1, 0.15) is 50.8 Å². The zero-order chi connectivity index (χ0) is 39.9. The molecule has 0 spiro atoms. The van der Waals surface area contributed by atoms with Gasteiger partial charge in [0.15, 0.2) is 0 Å². The van der Waals surface area contributed by atoms with E-state index in [1.807, 2.05) is 30.5 Å². The molecular weight excluding hydrogens is 733 g/mol. The molecule has 0 aliphatic carbocycles. The number of amides is 3. The Labute approximate surface area is 322 Å². The highest BCUT2D eigenvalue weighted by Gasteiger charge is 2.36. The van der Waals surface area contributed by atoms with Crippen LogP contribution in [-0.4, -0.2) is 85.4 Å². The van der Waals surface area contributed by atoms with Crippen LogP contribution in [0.15, 0.2) is 60.8 Å². The molecule has 0 aliphatic rings. The van der Waals surface area contributed by atoms with Crippen LogP contribution < -0.4 is 21.7 Å². The molecular formula is C39H55F2N5O6SSi. The van der Waals surface area contributed by atoms with Crippen LogP contribution in [0.2, 0.25) is 25.2 Å². The molecule has 2 aromatic carbocycles. The van der Waals surface area contributed by atoms with Gasteiger partial charge in [0.2, 0.25) is 11.8 Å². The van der Waals surface area contributed by atoms with Gasteiger partial charge in [0.05, 0.1) is 32.9 Å². The van der Waals surface area contributed by atoms with Crippen LogP contribution in [0.3, 0.4) is 0 Å². The van der Waals surface area contributed by atoms with Crippen molar-refractivity contribution in [2.45, 2.75) is 77.3 Å². The molecule has 0 saturated heterocycles. The predicted octanol–water partition coefficient (Wildman–Crippen LogP) is 6.20. The number of hydrogen-bond acceptors (Lipinski definition) is 7. The number of carbonyl (C=O) groups is 4. The molecule has 15 heteroatoms. The molecule has 296 valence electrons. The minimum atomic E-state index is -1.98. The summed E-state index contributed by atoms with van der Waals surface area (Å²) >= 11 is 1.19. The number of nitrogens with zero attached hydrogens (tertiary/aromatic N) is 1. The first-order valence-electron chi connectivity index (χ1n) is 18.1. The molecule has 11 nitrogen and oxygen atoms in total. The number of carbonyl (C=O) groups excluding carboxylic acids is 3. The van der Waals surface area contributed by atoms with Crippen molar-refractivity contribution in [1.29, 1.82) is 0 Å². The van der Waals surface area contributed by atoms with Crippen molar-refractivity contribution >= 4 is 43.7 Å². The van der Waals surface area contributed by atoms with Crippen molar-refractivity contribution in [2.24, 2.45) is 11.1 Å². The molecule has 6 N–H and O–H groups in total. The Hall–Kier alpha value is -4.21. The van der Waals surface area contributed by atoms with Crippen LogP contribution in [0.25, 0.3) is 11.1 Å². The van der Waals surface area contributed by atoms with Gasteiger partial charge in [-0.05, 0) is 53.8 Å². The number of ether oxygens (including phenoxy) is 1. The van der Waals surface area contributed by atoms with Crippen molar-refractivity contribution in [3.63, 3.8) is 0 Å². The summed E-state index contributed by atoms with van der Waals surface area (Å²) in [5, 5.41) is 16.6. The summed E-state index contributed by atoms with van der Waals surface area (Å²) in [5.74, 6) is -2.30. The van der Waals surface area contributed by atoms with E-state index in [-0.39, 0.29) is 53.9 Å². The number of benzene rings is 2. The van der Waals surface area contributed by atoms with Gasteiger partial charge in [-0.15, -0.1) is 11.8 Å². The summed E-state index contributed by atoms with van der Waals surface area (Å²) in [6.07, 6.45) is 1.69. The average Bonchev–Trinajstić information content (AvgIpc) is 3.50. The first-order valence-corrected chi connectivity index (χ1v) is 22.7. The van der Waals surface area contributed by atoms with Crippen molar-refractivity contribution in [2.75, 3.05) is 37.7 Å². The Bertz CT molecular complexity index is 1700. The van der Waals surface area contributed by atoms with Gasteiger partial charge in [-0.1, -0.05) is 64.2 Å². The number of alkyl carbamates (subject to hydrolysis) is 1. The second kappa shape index (κ2) is 21.0. The number of aromatic nitrogens is 1. The standard InChI is InChI=1S/C39H55F2N5O6SSi/c1-39(2,3)31(34-20-28(30-21-29(40)12-13-32(30)41)23-46(34)22-27-10-7-6-8-11-27)26-54(4,5)19-18-52-38(51)45-16-9-15-43-35(47)25-53-24-33(42)37(50)44-17-14-36(48)49/h6-8,10-13,20-21,23,31,33H,9,14-19,22,24-26,42H2,1-5H3,(H,43,47)(H,44,50)(H,45,51)(H,48,49)/t31-,33-/m0/s1. The summed E-state index contributed by atoms with van der Waals surface area (Å²) in [4.78, 5) is 47.0. The number of thioether (sulfide) groups is 1. The van der Waals surface area contributed by atoms with Gasteiger partial charge in [0.1, 0.15) is 11.6 Å². The zero-order valence-electron chi connectivity index (χ0n) is 31.9. The van der Waals surface area contributed by atoms with Crippen LogP contribution in [0.5, 0.6) is 0 Å². The zero-order valence-corrected chi connectivity index (χ0v) is 33.7. The van der Waals surface area contributed by atoms with E-state index < -0.39 is 43.7 Å². The van der Waals surface area contributed by atoms with E-state index in [1.54, 1.807) is 0 Å². The fourth-order valence-electron chi connectivity index (χ4n) is 5.92. The van der Waals surface area contributed by atoms with E-state index >= 15 is 0 Å². The lowest BCUT2D eigenvalue weighted by Gasteiger charge is -2.37. The first kappa shape index (κ1) is 44.2. The van der Waals surface area contributed by atoms with Gasteiger partial charge in [0.25, 0.3) is 0 Å². The summed E-state index contributed by atoms with van der Waals surface area (Å²) in [6.45, 7) is 12.6. The number of halogens is 2. The van der Waals surface area contributed by atoms with Crippen LogP contribution in [0, 0.1) is 17.0 Å². The summed E-state index contributed by atoms with van der Waals surface area (Å²) in [5.41, 5.74) is 8.63. The summed E-state index contributed by atoms with van der Waals surface area (Å²) in [6, 6.07) is 16.3. The lowest BCUT2D eigenvalue weighted by atomic mass is 9.79. The Morgan fingerprint density at radius 1 is 0.981 bits per heavy atom. The maximum atomic E-state index is 14.9. The molecule has 0 radical (unpaired) electrons. The summed E-state index contributed by atoms with van der Waals surface area (Å²) < 4.78 is 36.9. The predicted molar refractivity (Wildman–Crippen MR) is 212 cm³/mol. The Morgan fingerprint density at radius 3 is 2.37 bits per heavy atom. The third-order valence-electron chi connectivity index (χ3n) is 8.99. The molecule has 1 heterocycles. The SMILES string of the molecule is CC(C)(C)[C@@H](C[Si](C)(C)CCOC(=O)NCCCNC(=O)CSC[C@H](N)C(=O)NCCC(=O)O)c1cc(-c2cc(F)ccc2F)cn1Cc1ccccc1. The largest absolute Gasteiger partial charge is 0.481 e. The summed E-state index contributed by atoms with van der Waals surface area (Å²) in [7, 11) is -1.98. The Morgan fingerprint density at radius 2 is 1.69 bits per heavy atom. The lowest BCUT2D eigenvalue weighted by Crippen LogP contribution is -2.43. The second-order valence-corrected chi connectivity index (χ2v) is 21.5. The van der Waals surface area contributed by atoms with Gasteiger partial charge < -0.3 is 36.1 Å². The fraction of sp³-hybridized carbons (Fsp3) is 0.487. The smallest absolute Gasteiger partial charge is 0.407 e. The fourth-order valence-corrected chi connectivity index (χ4v) is 9.52. The minimum Gasteiger partial charge on any atom is -0.481 e. The van der Waals surface area contributed by atoms with Crippen molar-refractivity contribution in [3.05, 3.63) is 83.7 Å². The molecule has 1 aromatic heterocycles. The molecule has 3 rings (SSSR count). The third kappa shape index (κ3) is 15.3. The molecule has 0 aliphatic heterocycles. The second-order valence-electron chi connectivity index (χ2n) is 15.3. The lowest BCUT2D eigenvalue weighted by molar-refractivity contribution is -0.137. The quantitative estimate of drug-likeness (QED) is 0.0629. The molecule has 0 saturated carbocycles. The van der Waals surface area contributed by atoms with Gasteiger partial charge in [-0.3, -0.25) is 14.4 Å². The number of aliphatic carboxylic acids is 1. The molecule has 0 fully saturated rings. The molecule has 3 aromatic rings. The molecule has 2 atom stereocenters. The van der Waals surface area contributed by atoms with Gasteiger partial charge in [-0.2, -0.15) is 0 Å². The van der Waals surface area contributed by atoms with Crippen LogP contribution in [-0.2, 0) is 25.7 Å². The maximum Gasteiger partial charge on any atom is 0.407 e. The molecule has 0 unspecified atom stereocenters.